The quantitative estimate of drug-likeness (QED) is 0.550. The van der Waals surface area contributed by atoms with E-state index in [9.17, 15) is 10.1 Å². The van der Waals surface area contributed by atoms with Crippen LogP contribution in [0.5, 0.6) is 23.0 Å². The van der Waals surface area contributed by atoms with Crippen molar-refractivity contribution >= 4 is 0 Å². The van der Waals surface area contributed by atoms with Gasteiger partial charge in [-0.15, -0.1) is 0 Å². The Hall–Kier alpha value is -3.64. The van der Waals surface area contributed by atoms with Gasteiger partial charge in [-0.2, -0.15) is 5.26 Å². The van der Waals surface area contributed by atoms with Crippen LogP contribution in [0.15, 0.2) is 34.4 Å². The minimum atomic E-state index is -0.791. The fourth-order valence-electron chi connectivity index (χ4n) is 4.55. The number of ether oxygens (including phenoxy) is 4. The Labute approximate surface area is 206 Å². The molecule has 0 aliphatic carbocycles. The van der Waals surface area contributed by atoms with Crippen LogP contribution in [0.1, 0.15) is 43.0 Å². The first-order valence-electron chi connectivity index (χ1n) is 11.7. The van der Waals surface area contributed by atoms with E-state index in [1.807, 2.05) is 6.92 Å². The molecule has 188 valence electrons. The molecule has 1 aromatic carbocycles. The van der Waals surface area contributed by atoms with E-state index in [2.05, 4.69) is 24.8 Å². The fourth-order valence-corrected chi connectivity index (χ4v) is 4.55. The van der Waals surface area contributed by atoms with Crippen molar-refractivity contribution in [3.05, 3.63) is 56.8 Å². The SMILES string of the molecule is CCN(CC)CCCn1c(C)cc2c(c1=O)[C@H](c1cc(OC)c(OC)cc1OC)C(C#N)=C(N)O2. The predicted molar refractivity (Wildman–Crippen MR) is 133 cm³/mol. The maximum Gasteiger partial charge on any atom is 0.258 e. The van der Waals surface area contributed by atoms with Crippen LogP contribution < -0.4 is 30.2 Å². The van der Waals surface area contributed by atoms with Crippen molar-refractivity contribution in [3.8, 4) is 29.1 Å². The number of rotatable bonds is 10. The molecule has 0 saturated heterocycles. The van der Waals surface area contributed by atoms with Crippen molar-refractivity contribution in [1.82, 2.24) is 9.47 Å². The Balaban J connectivity index is 2.20. The number of fused-ring (bicyclic) bond motifs is 1. The minimum absolute atomic E-state index is 0.0417. The standard InChI is InChI=1S/C26H34N4O5/c1-7-29(8-2)10-9-11-30-16(3)12-22-24(26(30)31)23(18(15-27)25(28)35-22)17-13-20(33-5)21(34-6)14-19(17)32-4/h12-14,23H,7-11,28H2,1-6H3/t23-/m1/s1. The molecule has 9 heteroatoms. The Morgan fingerprint density at radius 2 is 1.71 bits per heavy atom. The summed E-state index contributed by atoms with van der Waals surface area (Å²) in [7, 11) is 4.57. The van der Waals surface area contributed by atoms with Gasteiger partial charge in [0.2, 0.25) is 5.88 Å². The molecule has 0 fully saturated rings. The number of methoxy groups -OCH3 is 3. The van der Waals surface area contributed by atoms with Crippen molar-refractivity contribution in [2.45, 2.75) is 39.7 Å². The molecule has 0 bridgehead atoms. The molecule has 1 aliphatic heterocycles. The molecular formula is C26H34N4O5. The van der Waals surface area contributed by atoms with Gasteiger partial charge in [0.05, 0.1) is 32.8 Å². The average molecular weight is 483 g/mol. The van der Waals surface area contributed by atoms with Gasteiger partial charge in [0.1, 0.15) is 23.1 Å². The number of aromatic nitrogens is 1. The third-order valence-corrected chi connectivity index (χ3v) is 6.49. The van der Waals surface area contributed by atoms with E-state index in [0.717, 1.165) is 31.7 Å². The zero-order valence-electron chi connectivity index (χ0n) is 21.3. The van der Waals surface area contributed by atoms with E-state index in [1.165, 1.54) is 21.3 Å². The zero-order valence-corrected chi connectivity index (χ0v) is 21.3. The molecule has 0 spiro atoms. The van der Waals surface area contributed by atoms with Gasteiger partial charge >= 0.3 is 0 Å². The van der Waals surface area contributed by atoms with Gasteiger partial charge in [0, 0.05) is 29.9 Å². The number of hydrogen-bond donors (Lipinski definition) is 1. The van der Waals surface area contributed by atoms with Crippen molar-refractivity contribution in [2.24, 2.45) is 5.73 Å². The maximum absolute atomic E-state index is 13.9. The molecule has 9 nitrogen and oxygen atoms in total. The van der Waals surface area contributed by atoms with Crippen molar-refractivity contribution < 1.29 is 18.9 Å². The monoisotopic (exact) mass is 482 g/mol. The van der Waals surface area contributed by atoms with Gasteiger partial charge in [0.15, 0.2) is 11.5 Å². The first-order valence-corrected chi connectivity index (χ1v) is 11.7. The number of pyridine rings is 1. The highest BCUT2D eigenvalue weighted by atomic mass is 16.5. The Kier molecular flexibility index (Phi) is 8.30. The number of allylic oxidation sites excluding steroid dienone is 1. The van der Waals surface area contributed by atoms with E-state index in [-0.39, 0.29) is 17.0 Å². The lowest BCUT2D eigenvalue weighted by Gasteiger charge is -2.29. The zero-order chi connectivity index (χ0) is 25.7. The van der Waals surface area contributed by atoms with Crippen molar-refractivity contribution in [3.63, 3.8) is 0 Å². The van der Waals surface area contributed by atoms with Crippen LogP contribution in [0, 0.1) is 18.3 Å². The van der Waals surface area contributed by atoms with Gasteiger partial charge in [-0.1, -0.05) is 13.8 Å². The summed E-state index contributed by atoms with van der Waals surface area (Å²) in [5.41, 5.74) is 7.74. The number of nitrogens with zero attached hydrogens (tertiary/aromatic N) is 3. The molecule has 0 amide bonds. The number of aryl methyl sites for hydroxylation is 1. The van der Waals surface area contributed by atoms with Gasteiger partial charge in [-0.3, -0.25) is 4.79 Å². The van der Waals surface area contributed by atoms with Crippen LogP contribution in [0.4, 0.5) is 0 Å². The largest absolute Gasteiger partial charge is 0.496 e. The fraction of sp³-hybridized carbons (Fsp3) is 0.462. The lowest BCUT2D eigenvalue weighted by molar-refractivity contribution is 0.292. The van der Waals surface area contributed by atoms with E-state index in [0.29, 0.717) is 40.7 Å². The molecule has 3 rings (SSSR count). The summed E-state index contributed by atoms with van der Waals surface area (Å²) < 4.78 is 24.0. The highest BCUT2D eigenvalue weighted by molar-refractivity contribution is 5.61. The van der Waals surface area contributed by atoms with Gasteiger partial charge in [-0.25, -0.2) is 0 Å². The summed E-state index contributed by atoms with van der Waals surface area (Å²) in [4.78, 5) is 16.2. The lowest BCUT2D eigenvalue weighted by Crippen LogP contribution is -2.34. The Morgan fingerprint density at radius 1 is 1.09 bits per heavy atom. The van der Waals surface area contributed by atoms with Gasteiger partial charge in [-0.05, 0) is 39.0 Å². The van der Waals surface area contributed by atoms with Crippen molar-refractivity contribution in [2.75, 3.05) is 41.0 Å². The summed E-state index contributed by atoms with van der Waals surface area (Å²) in [5, 5.41) is 10.0. The van der Waals surface area contributed by atoms with Gasteiger partial charge in [0.25, 0.3) is 5.56 Å². The number of benzene rings is 1. The molecule has 35 heavy (non-hydrogen) atoms. The molecule has 1 aliphatic rings. The highest BCUT2D eigenvalue weighted by Crippen LogP contribution is 2.46. The third-order valence-electron chi connectivity index (χ3n) is 6.49. The van der Waals surface area contributed by atoms with Crippen LogP contribution in [0.3, 0.4) is 0 Å². The molecule has 1 atom stereocenters. The molecule has 2 aromatic rings. The predicted octanol–water partition coefficient (Wildman–Crippen LogP) is 3.13. The normalized spacial score (nSPS) is 14.9. The smallest absolute Gasteiger partial charge is 0.258 e. The van der Waals surface area contributed by atoms with Crippen LogP contribution in [-0.4, -0.2) is 50.4 Å². The lowest BCUT2D eigenvalue weighted by atomic mass is 9.83. The summed E-state index contributed by atoms with van der Waals surface area (Å²) in [6, 6.07) is 7.33. The summed E-state index contributed by atoms with van der Waals surface area (Å²) in [5.74, 6) is 0.855. The highest BCUT2D eigenvalue weighted by Gasteiger charge is 2.36. The molecule has 2 N–H and O–H groups in total. The van der Waals surface area contributed by atoms with Crippen LogP contribution >= 0.6 is 0 Å². The van der Waals surface area contributed by atoms with E-state index in [1.54, 1.807) is 22.8 Å². The first kappa shape index (κ1) is 26.0. The Morgan fingerprint density at radius 3 is 2.29 bits per heavy atom. The van der Waals surface area contributed by atoms with Crippen LogP contribution in [0.25, 0.3) is 0 Å². The first-order chi connectivity index (χ1) is 16.8. The number of nitrogens with two attached hydrogens (primary N) is 1. The molecular weight excluding hydrogens is 448 g/mol. The Bertz CT molecular complexity index is 1210. The van der Waals surface area contributed by atoms with E-state index >= 15 is 0 Å². The van der Waals surface area contributed by atoms with Crippen LogP contribution in [-0.2, 0) is 6.54 Å². The second-order valence-corrected chi connectivity index (χ2v) is 8.27. The second kappa shape index (κ2) is 11.2. The second-order valence-electron chi connectivity index (χ2n) is 8.27. The van der Waals surface area contributed by atoms with E-state index in [4.69, 9.17) is 24.7 Å². The minimum Gasteiger partial charge on any atom is -0.496 e. The number of hydrogen-bond acceptors (Lipinski definition) is 8. The molecule has 2 heterocycles. The van der Waals surface area contributed by atoms with E-state index < -0.39 is 5.92 Å². The summed E-state index contributed by atoms with van der Waals surface area (Å²) in [6.07, 6.45) is 0.815. The topological polar surface area (TPSA) is 112 Å². The maximum atomic E-state index is 13.9. The van der Waals surface area contributed by atoms with Gasteiger partial charge < -0.3 is 34.1 Å². The third kappa shape index (κ3) is 4.93. The molecule has 0 radical (unpaired) electrons. The van der Waals surface area contributed by atoms with Crippen LogP contribution in [0.2, 0.25) is 0 Å². The number of nitriles is 1. The molecule has 0 unspecified atom stereocenters. The summed E-state index contributed by atoms with van der Waals surface area (Å²) >= 11 is 0. The molecule has 0 saturated carbocycles. The average Bonchev–Trinajstić information content (AvgIpc) is 2.86. The molecule has 1 aromatic heterocycles. The van der Waals surface area contributed by atoms with Crippen molar-refractivity contribution in [1.29, 1.82) is 5.26 Å². The summed E-state index contributed by atoms with van der Waals surface area (Å²) in [6.45, 7) is 9.46.